The quantitative estimate of drug-likeness (QED) is 0.761. The van der Waals surface area contributed by atoms with Crippen LogP contribution in [0.25, 0.3) is 0 Å². The predicted molar refractivity (Wildman–Crippen MR) is 72.6 cm³/mol. The van der Waals surface area contributed by atoms with E-state index in [1.165, 1.54) is 19.2 Å². The third kappa shape index (κ3) is 3.43. The van der Waals surface area contributed by atoms with Crippen LogP contribution in [0, 0.1) is 5.82 Å². The topological polar surface area (TPSA) is 48.4 Å². The van der Waals surface area contributed by atoms with E-state index in [0.29, 0.717) is 4.47 Å². The summed E-state index contributed by atoms with van der Waals surface area (Å²) in [5.41, 5.74) is 0. The van der Waals surface area contributed by atoms with Crippen molar-refractivity contribution in [2.45, 2.75) is 0 Å². The fourth-order valence-corrected chi connectivity index (χ4v) is 2.74. The number of methoxy groups -OCH3 is 1. The van der Waals surface area contributed by atoms with Crippen molar-refractivity contribution in [3.8, 4) is 10.9 Å². The molecule has 0 saturated heterocycles. The number of esters is 1. The van der Waals surface area contributed by atoms with Gasteiger partial charge in [0.2, 0.25) is 0 Å². The number of rotatable bonds is 3. The second-order valence-electron chi connectivity index (χ2n) is 3.30. The standard InChI is InChI=1S/C11H6BrClFNO3S/c1-17-10(16)8-9(13)15-11(19-8)18-7-3-5(12)2-6(14)4-7/h2-4H,1H3. The highest BCUT2D eigenvalue weighted by Crippen LogP contribution is 2.33. The first-order valence-corrected chi connectivity index (χ1v) is 6.87. The first-order chi connectivity index (χ1) is 8.99. The van der Waals surface area contributed by atoms with Crippen LogP contribution >= 0.6 is 38.9 Å². The van der Waals surface area contributed by atoms with Gasteiger partial charge in [0.05, 0.1) is 7.11 Å². The maximum Gasteiger partial charge on any atom is 0.351 e. The lowest BCUT2D eigenvalue weighted by atomic mass is 10.3. The number of aromatic nitrogens is 1. The highest BCUT2D eigenvalue weighted by atomic mass is 79.9. The minimum absolute atomic E-state index is 0.0117. The number of nitrogens with zero attached hydrogens (tertiary/aromatic N) is 1. The molecule has 0 atom stereocenters. The van der Waals surface area contributed by atoms with E-state index in [1.54, 1.807) is 6.07 Å². The molecule has 1 aromatic heterocycles. The van der Waals surface area contributed by atoms with Crippen LogP contribution in [0.2, 0.25) is 5.15 Å². The Bertz CT molecular complexity index is 614. The van der Waals surface area contributed by atoms with Gasteiger partial charge in [-0.15, -0.1) is 0 Å². The van der Waals surface area contributed by atoms with Crippen LogP contribution in [0.1, 0.15) is 9.67 Å². The third-order valence-corrected chi connectivity index (χ3v) is 3.73. The largest absolute Gasteiger partial charge is 0.465 e. The van der Waals surface area contributed by atoms with Gasteiger partial charge in [-0.1, -0.05) is 38.9 Å². The Kier molecular flexibility index (Phi) is 4.38. The molecule has 0 bridgehead atoms. The molecule has 0 amide bonds. The van der Waals surface area contributed by atoms with Gasteiger partial charge in [0.1, 0.15) is 11.6 Å². The average molecular weight is 367 g/mol. The molecule has 19 heavy (non-hydrogen) atoms. The van der Waals surface area contributed by atoms with Crippen LogP contribution in [0.15, 0.2) is 22.7 Å². The predicted octanol–water partition coefficient (Wildman–Crippen LogP) is 4.28. The van der Waals surface area contributed by atoms with Crippen LogP contribution in [-0.4, -0.2) is 18.1 Å². The van der Waals surface area contributed by atoms with Gasteiger partial charge in [0.15, 0.2) is 10.0 Å². The minimum atomic E-state index is -0.599. The van der Waals surface area contributed by atoms with Crippen molar-refractivity contribution in [2.75, 3.05) is 7.11 Å². The molecule has 0 aliphatic heterocycles. The van der Waals surface area contributed by atoms with E-state index in [9.17, 15) is 9.18 Å². The van der Waals surface area contributed by atoms with Crippen molar-refractivity contribution in [3.63, 3.8) is 0 Å². The number of carbonyl (C=O) groups excluding carboxylic acids is 1. The maximum absolute atomic E-state index is 13.2. The van der Waals surface area contributed by atoms with E-state index in [2.05, 4.69) is 25.7 Å². The molecule has 2 aromatic rings. The fraction of sp³-hybridized carbons (Fsp3) is 0.0909. The lowest BCUT2D eigenvalue weighted by Crippen LogP contribution is -1.98. The van der Waals surface area contributed by atoms with Crippen LogP contribution in [0.3, 0.4) is 0 Å². The Morgan fingerprint density at radius 2 is 2.21 bits per heavy atom. The number of carbonyl (C=O) groups is 1. The molecule has 2 rings (SSSR count). The van der Waals surface area contributed by atoms with Crippen molar-refractivity contribution >= 4 is 44.8 Å². The fourth-order valence-electron chi connectivity index (χ4n) is 1.23. The number of hydrogen-bond donors (Lipinski definition) is 0. The molecule has 0 saturated carbocycles. The summed E-state index contributed by atoms with van der Waals surface area (Å²) >= 11 is 9.85. The summed E-state index contributed by atoms with van der Waals surface area (Å²) in [4.78, 5) is 15.3. The van der Waals surface area contributed by atoms with E-state index in [1.807, 2.05) is 0 Å². The summed E-state index contributed by atoms with van der Waals surface area (Å²) in [7, 11) is 1.24. The van der Waals surface area contributed by atoms with Crippen LogP contribution < -0.4 is 4.74 Å². The Hall–Kier alpha value is -1.18. The zero-order valence-electron chi connectivity index (χ0n) is 9.45. The molecule has 0 N–H and O–H groups in total. The second kappa shape index (κ2) is 5.85. The molecule has 100 valence electrons. The molecule has 0 aliphatic rings. The Morgan fingerprint density at radius 3 is 2.84 bits per heavy atom. The normalized spacial score (nSPS) is 10.3. The van der Waals surface area contributed by atoms with E-state index in [4.69, 9.17) is 16.3 Å². The van der Waals surface area contributed by atoms with Crippen molar-refractivity contribution in [1.29, 1.82) is 0 Å². The van der Waals surface area contributed by atoms with E-state index >= 15 is 0 Å². The second-order valence-corrected chi connectivity index (χ2v) is 5.53. The zero-order chi connectivity index (χ0) is 14.0. The van der Waals surface area contributed by atoms with E-state index in [-0.39, 0.29) is 21.0 Å². The molecule has 0 fully saturated rings. The SMILES string of the molecule is COC(=O)c1sc(Oc2cc(F)cc(Br)c2)nc1Cl. The maximum atomic E-state index is 13.2. The summed E-state index contributed by atoms with van der Waals surface area (Å²) in [5, 5.41) is 0.116. The zero-order valence-corrected chi connectivity index (χ0v) is 12.6. The highest BCUT2D eigenvalue weighted by Gasteiger charge is 2.18. The minimum Gasteiger partial charge on any atom is -0.465 e. The average Bonchev–Trinajstić information content (AvgIpc) is 2.68. The van der Waals surface area contributed by atoms with Gasteiger partial charge >= 0.3 is 5.97 Å². The van der Waals surface area contributed by atoms with Crippen molar-refractivity contribution < 1.29 is 18.7 Å². The van der Waals surface area contributed by atoms with Crippen LogP contribution in [0.5, 0.6) is 10.9 Å². The lowest BCUT2D eigenvalue weighted by molar-refractivity contribution is 0.0606. The number of ether oxygens (including phenoxy) is 2. The molecular formula is C11H6BrClFNO3S. The lowest BCUT2D eigenvalue weighted by Gasteiger charge is -2.02. The molecule has 0 unspecified atom stereocenters. The molecule has 8 heteroatoms. The number of thiazole rings is 1. The van der Waals surface area contributed by atoms with Gasteiger partial charge in [0.25, 0.3) is 5.19 Å². The monoisotopic (exact) mass is 365 g/mol. The summed E-state index contributed by atoms with van der Waals surface area (Å²) in [6, 6.07) is 4.05. The summed E-state index contributed by atoms with van der Waals surface area (Å²) in [6.07, 6.45) is 0. The van der Waals surface area contributed by atoms with Crippen molar-refractivity contribution in [1.82, 2.24) is 4.98 Å². The molecule has 1 aromatic carbocycles. The molecular weight excluding hydrogens is 361 g/mol. The van der Waals surface area contributed by atoms with Crippen LogP contribution in [-0.2, 0) is 4.74 Å². The number of benzene rings is 1. The van der Waals surface area contributed by atoms with Crippen LogP contribution in [0.4, 0.5) is 4.39 Å². The smallest absolute Gasteiger partial charge is 0.351 e. The summed E-state index contributed by atoms with van der Waals surface area (Å²) in [6.45, 7) is 0. The first kappa shape index (κ1) is 14.2. The molecule has 0 spiro atoms. The van der Waals surface area contributed by atoms with Gasteiger partial charge < -0.3 is 9.47 Å². The molecule has 0 radical (unpaired) electrons. The highest BCUT2D eigenvalue weighted by molar-refractivity contribution is 9.10. The third-order valence-electron chi connectivity index (χ3n) is 1.98. The van der Waals surface area contributed by atoms with Crippen molar-refractivity contribution in [2.24, 2.45) is 0 Å². The van der Waals surface area contributed by atoms with Gasteiger partial charge in [-0.2, -0.15) is 4.98 Å². The first-order valence-electron chi connectivity index (χ1n) is 4.88. The van der Waals surface area contributed by atoms with Gasteiger partial charge in [-0.3, -0.25) is 0 Å². The molecule has 4 nitrogen and oxygen atoms in total. The van der Waals surface area contributed by atoms with E-state index < -0.39 is 11.8 Å². The van der Waals surface area contributed by atoms with E-state index in [0.717, 1.165) is 11.3 Å². The Morgan fingerprint density at radius 1 is 1.47 bits per heavy atom. The van der Waals surface area contributed by atoms with Gasteiger partial charge in [-0.05, 0) is 12.1 Å². The summed E-state index contributed by atoms with van der Waals surface area (Å²) in [5.74, 6) is -0.813. The Balaban J connectivity index is 2.26. The molecule has 1 heterocycles. The van der Waals surface area contributed by atoms with Crippen molar-refractivity contribution in [3.05, 3.63) is 38.5 Å². The van der Waals surface area contributed by atoms with Gasteiger partial charge in [0, 0.05) is 10.5 Å². The summed E-state index contributed by atoms with van der Waals surface area (Å²) < 4.78 is 23.6. The molecule has 0 aliphatic carbocycles. The Labute approximate surface area is 125 Å². The van der Waals surface area contributed by atoms with Gasteiger partial charge in [-0.25, -0.2) is 9.18 Å². The number of halogens is 3. The number of hydrogen-bond acceptors (Lipinski definition) is 5.